The maximum absolute atomic E-state index is 5.59. The van der Waals surface area contributed by atoms with Gasteiger partial charge in [-0.25, -0.2) is 0 Å². The van der Waals surface area contributed by atoms with Crippen LogP contribution in [0.3, 0.4) is 0 Å². The maximum Gasteiger partial charge on any atom is 0.122 e. The van der Waals surface area contributed by atoms with Crippen molar-refractivity contribution in [3.63, 3.8) is 0 Å². The van der Waals surface area contributed by atoms with Gasteiger partial charge in [-0.2, -0.15) is 0 Å². The van der Waals surface area contributed by atoms with Crippen LogP contribution in [-0.4, -0.2) is 27.3 Å². The molecule has 0 aromatic heterocycles. The molecule has 1 aromatic carbocycles. The highest BCUT2D eigenvalue weighted by Gasteiger charge is 2.14. The first-order chi connectivity index (χ1) is 8.13. The molecule has 0 saturated carbocycles. The Kier molecular flexibility index (Phi) is 5.45. The molecule has 1 unspecified atom stereocenters. The number of hydrogen-bond donors (Lipinski definition) is 1. The summed E-state index contributed by atoms with van der Waals surface area (Å²) in [5, 5.41) is 3.15. The maximum atomic E-state index is 5.59. The second-order valence-electron chi connectivity index (χ2n) is 4.19. The second-order valence-corrected chi connectivity index (χ2v) is 4.19. The Hall–Kier alpha value is -1.06. The van der Waals surface area contributed by atoms with Crippen molar-refractivity contribution in [2.75, 3.05) is 27.3 Å². The number of rotatable bonds is 6. The van der Waals surface area contributed by atoms with Gasteiger partial charge in [0.1, 0.15) is 5.75 Å². The SMILES string of the molecule is CCOc1cc(C)c(C(CNC)OC)cc1C. The molecular weight excluding hydrogens is 214 g/mol. The van der Waals surface area contributed by atoms with Crippen LogP contribution in [0.15, 0.2) is 12.1 Å². The summed E-state index contributed by atoms with van der Waals surface area (Å²) in [5.74, 6) is 0.966. The molecule has 3 nitrogen and oxygen atoms in total. The Morgan fingerprint density at radius 2 is 1.94 bits per heavy atom. The zero-order chi connectivity index (χ0) is 12.8. The zero-order valence-corrected chi connectivity index (χ0v) is 11.5. The highest BCUT2D eigenvalue weighted by Crippen LogP contribution is 2.28. The molecule has 0 heterocycles. The lowest BCUT2D eigenvalue weighted by Crippen LogP contribution is -2.19. The summed E-state index contributed by atoms with van der Waals surface area (Å²) in [6.45, 7) is 7.68. The topological polar surface area (TPSA) is 30.5 Å². The number of methoxy groups -OCH3 is 1. The molecule has 1 aromatic rings. The monoisotopic (exact) mass is 237 g/mol. The van der Waals surface area contributed by atoms with Gasteiger partial charge in [-0.1, -0.05) is 0 Å². The lowest BCUT2D eigenvalue weighted by Gasteiger charge is -2.19. The first kappa shape index (κ1) is 14.0. The molecule has 17 heavy (non-hydrogen) atoms. The van der Waals surface area contributed by atoms with Crippen LogP contribution < -0.4 is 10.1 Å². The molecule has 0 aliphatic rings. The minimum atomic E-state index is 0.0920. The van der Waals surface area contributed by atoms with E-state index in [0.29, 0.717) is 6.61 Å². The molecule has 0 radical (unpaired) electrons. The Morgan fingerprint density at radius 3 is 2.47 bits per heavy atom. The minimum Gasteiger partial charge on any atom is -0.494 e. The molecule has 1 rings (SSSR count). The van der Waals surface area contributed by atoms with Crippen molar-refractivity contribution >= 4 is 0 Å². The van der Waals surface area contributed by atoms with E-state index in [9.17, 15) is 0 Å². The van der Waals surface area contributed by atoms with Crippen molar-refractivity contribution in [3.05, 3.63) is 28.8 Å². The van der Waals surface area contributed by atoms with Gasteiger partial charge < -0.3 is 14.8 Å². The second kappa shape index (κ2) is 6.62. The molecule has 0 aliphatic carbocycles. The lowest BCUT2D eigenvalue weighted by molar-refractivity contribution is 0.103. The molecule has 96 valence electrons. The third kappa shape index (κ3) is 3.45. The van der Waals surface area contributed by atoms with Gasteiger partial charge in [0.25, 0.3) is 0 Å². The first-order valence-electron chi connectivity index (χ1n) is 6.05. The van der Waals surface area contributed by atoms with Crippen molar-refractivity contribution in [1.82, 2.24) is 5.32 Å². The summed E-state index contributed by atoms with van der Waals surface area (Å²) < 4.78 is 11.1. The van der Waals surface area contributed by atoms with Crippen molar-refractivity contribution in [3.8, 4) is 5.75 Å². The average molecular weight is 237 g/mol. The van der Waals surface area contributed by atoms with Gasteiger partial charge in [-0.15, -0.1) is 0 Å². The highest BCUT2D eigenvalue weighted by molar-refractivity contribution is 5.42. The third-order valence-corrected chi connectivity index (χ3v) is 2.88. The van der Waals surface area contributed by atoms with E-state index in [1.807, 2.05) is 14.0 Å². The smallest absolute Gasteiger partial charge is 0.122 e. The number of likely N-dealkylation sites (N-methyl/N-ethyl adjacent to an activating group) is 1. The van der Waals surface area contributed by atoms with Crippen LogP contribution in [0.2, 0.25) is 0 Å². The standard InChI is InChI=1S/C14H23NO2/c1-6-17-13-8-10(2)12(7-11(13)3)14(16-5)9-15-4/h7-8,14-15H,6,9H2,1-5H3. The molecule has 0 aliphatic heterocycles. The largest absolute Gasteiger partial charge is 0.494 e. The van der Waals surface area contributed by atoms with E-state index in [1.165, 1.54) is 11.1 Å². The minimum absolute atomic E-state index is 0.0920. The van der Waals surface area contributed by atoms with E-state index in [-0.39, 0.29) is 6.10 Å². The van der Waals surface area contributed by atoms with Gasteiger partial charge in [0.05, 0.1) is 12.7 Å². The van der Waals surface area contributed by atoms with Crippen LogP contribution >= 0.6 is 0 Å². The van der Waals surface area contributed by atoms with Gasteiger partial charge >= 0.3 is 0 Å². The Morgan fingerprint density at radius 1 is 1.24 bits per heavy atom. The fourth-order valence-corrected chi connectivity index (χ4v) is 1.98. The number of nitrogens with one attached hydrogen (secondary N) is 1. The van der Waals surface area contributed by atoms with E-state index in [1.54, 1.807) is 7.11 Å². The lowest BCUT2D eigenvalue weighted by atomic mass is 9.99. The predicted octanol–water partition coefficient (Wildman–Crippen LogP) is 2.61. The van der Waals surface area contributed by atoms with Crippen molar-refractivity contribution < 1.29 is 9.47 Å². The summed E-state index contributed by atoms with van der Waals surface area (Å²) in [6.07, 6.45) is 0.0920. The number of hydrogen-bond acceptors (Lipinski definition) is 3. The Bertz CT molecular complexity index is 363. The average Bonchev–Trinajstić information content (AvgIpc) is 2.31. The van der Waals surface area contributed by atoms with E-state index < -0.39 is 0 Å². The van der Waals surface area contributed by atoms with Crippen molar-refractivity contribution in [2.45, 2.75) is 26.9 Å². The molecular formula is C14H23NO2. The van der Waals surface area contributed by atoms with E-state index >= 15 is 0 Å². The van der Waals surface area contributed by atoms with E-state index in [2.05, 4.69) is 31.3 Å². The molecule has 1 N–H and O–H groups in total. The predicted molar refractivity (Wildman–Crippen MR) is 70.8 cm³/mol. The molecule has 0 saturated heterocycles. The van der Waals surface area contributed by atoms with Crippen LogP contribution in [0.5, 0.6) is 5.75 Å². The van der Waals surface area contributed by atoms with Crippen LogP contribution in [0.25, 0.3) is 0 Å². The molecule has 0 spiro atoms. The summed E-state index contributed by atoms with van der Waals surface area (Å²) in [6, 6.07) is 4.25. The van der Waals surface area contributed by atoms with Gasteiger partial charge in [-0.3, -0.25) is 0 Å². The quantitative estimate of drug-likeness (QED) is 0.825. The van der Waals surface area contributed by atoms with Crippen LogP contribution in [-0.2, 0) is 4.74 Å². The number of ether oxygens (including phenoxy) is 2. The van der Waals surface area contributed by atoms with Crippen LogP contribution in [0, 0.1) is 13.8 Å². The molecule has 1 atom stereocenters. The van der Waals surface area contributed by atoms with Gasteiger partial charge in [0, 0.05) is 13.7 Å². The molecule has 0 bridgehead atoms. The Labute approximate surface area is 104 Å². The van der Waals surface area contributed by atoms with Crippen molar-refractivity contribution in [1.29, 1.82) is 0 Å². The molecule has 0 amide bonds. The van der Waals surface area contributed by atoms with E-state index in [4.69, 9.17) is 9.47 Å². The van der Waals surface area contributed by atoms with Gasteiger partial charge in [0.2, 0.25) is 0 Å². The molecule has 3 heteroatoms. The Balaban J connectivity index is 3.04. The summed E-state index contributed by atoms with van der Waals surface area (Å²) in [5.41, 5.74) is 3.59. The van der Waals surface area contributed by atoms with Gasteiger partial charge in [0.15, 0.2) is 0 Å². The third-order valence-electron chi connectivity index (χ3n) is 2.88. The normalized spacial score (nSPS) is 12.5. The first-order valence-corrected chi connectivity index (χ1v) is 6.05. The summed E-state index contributed by atoms with van der Waals surface area (Å²) in [7, 11) is 3.68. The summed E-state index contributed by atoms with van der Waals surface area (Å²) >= 11 is 0. The van der Waals surface area contributed by atoms with Crippen molar-refractivity contribution in [2.24, 2.45) is 0 Å². The number of benzene rings is 1. The van der Waals surface area contributed by atoms with E-state index in [0.717, 1.165) is 17.9 Å². The molecule has 0 fully saturated rings. The number of aryl methyl sites for hydroxylation is 2. The van der Waals surface area contributed by atoms with Gasteiger partial charge in [-0.05, 0) is 56.6 Å². The summed E-state index contributed by atoms with van der Waals surface area (Å²) in [4.78, 5) is 0. The zero-order valence-electron chi connectivity index (χ0n) is 11.5. The fraction of sp³-hybridized carbons (Fsp3) is 0.571. The highest BCUT2D eigenvalue weighted by atomic mass is 16.5. The van der Waals surface area contributed by atoms with Crippen LogP contribution in [0.1, 0.15) is 29.7 Å². The fourth-order valence-electron chi connectivity index (χ4n) is 1.98. The van der Waals surface area contributed by atoms with Crippen LogP contribution in [0.4, 0.5) is 0 Å².